The van der Waals surface area contributed by atoms with Gasteiger partial charge in [0.05, 0.1) is 45.1 Å². The number of aliphatic hydroxyl groups is 5. The van der Waals surface area contributed by atoms with Crippen LogP contribution in [0.4, 0.5) is 9.59 Å². The van der Waals surface area contributed by atoms with Gasteiger partial charge in [0.15, 0.2) is 5.78 Å². The molecule has 6 rings (SSSR count). The first-order valence-electron chi connectivity index (χ1n) is 23.8. The number of carbonyl (C=O) groups excluding carboxylic acids is 4. The van der Waals surface area contributed by atoms with E-state index in [4.69, 9.17) is 27.4 Å². The summed E-state index contributed by atoms with van der Waals surface area (Å²) in [5.74, 6) is -0.755. The molecular formula is C50H83B3N4O12-. The number of likely N-dealkylation sites (tertiary alicyclic amines) is 4. The number of piperidine rings is 4. The monoisotopic (exact) mass is 965 g/mol. The number of Topliss-reactive ketones (excluding diaryl/α,β-unsaturated/α-hetero) is 1. The van der Waals surface area contributed by atoms with Gasteiger partial charge in [-0.15, -0.1) is 0 Å². The van der Waals surface area contributed by atoms with Crippen molar-refractivity contribution < 1.29 is 58.9 Å². The van der Waals surface area contributed by atoms with Crippen molar-refractivity contribution in [3.05, 3.63) is 71.8 Å². The number of hydrogen-bond donors (Lipinski definition) is 5. The third kappa shape index (κ3) is 23.7. The maximum absolute atomic E-state index is 11.9. The first kappa shape index (κ1) is 61.2. The summed E-state index contributed by atoms with van der Waals surface area (Å²) >= 11 is 0. The van der Waals surface area contributed by atoms with Crippen LogP contribution in [0.5, 0.6) is 0 Å². The molecule has 4 aliphatic heterocycles. The van der Waals surface area contributed by atoms with Crippen LogP contribution in [-0.2, 0) is 36.9 Å². The number of hydrogen-bond acceptors (Lipinski definition) is 14. The third-order valence-electron chi connectivity index (χ3n) is 12.0. The third-order valence-corrected chi connectivity index (χ3v) is 12.0. The topological polar surface area (TPSA) is 210 Å². The molecule has 16 nitrogen and oxygen atoms in total. The summed E-state index contributed by atoms with van der Waals surface area (Å²) in [7, 11) is 8.33. The number of methoxy groups -OCH3 is 1. The Hall–Kier alpha value is -3.97. The van der Waals surface area contributed by atoms with Crippen molar-refractivity contribution in [1.29, 1.82) is 0 Å². The predicted molar refractivity (Wildman–Crippen MR) is 272 cm³/mol. The van der Waals surface area contributed by atoms with Gasteiger partial charge in [-0.25, -0.2) is 9.59 Å². The van der Waals surface area contributed by atoms with Gasteiger partial charge in [-0.3, -0.25) is 19.4 Å². The minimum Gasteiger partial charge on any atom is -0.468 e. The van der Waals surface area contributed by atoms with E-state index in [2.05, 4.69) is 33.6 Å². The van der Waals surface area contributed by atoms with Crippen molar-refractivity contribution in [3.8, 4) is 0 Å². The molecule has 4 fully saturated rings. The van der Waals surface area contributed by atoms with Gasteiger partial charge in [-0.05, 0) is 98.6 Å². The zero-order chi connectivity index (χ0) is 51.7. The summed E-state index contributed by atoms with van der Waals surface area (Å²) in [5.41, 5.74) is 1.47. The van der Waals surface area contributed by atoms with Crippen LogP contribution in [0.3, 0.4) is 0 Å². The lowest BCUT2D eigenvalue weighted by Crippen LogP contribution is -2.49. The van der Waals surface area contributed by atoms with Gasteiger partial charge in [0.25, 0.3) is 0 Å². The molecule has 2 aromatic carbocycles. The SMILES string of the molecule is CC(C)(C)OC(=O)N1CC[C@@H](CO)[C@H](O)C1.CC[C@@H]1CCN(C(=O)OC(C)(C)C)C[C@H]1O.COC(=O)C1CCN(Cc2ccccc2)CC1=O.OC[C@@H]1CCN(Cc2ccccc2)C[C@H]1O.[B][B][BH3-]. The normalized spacial score (nSPS) is 24.2. The molecule has 19 heteroatoms. The van der Waals surface area contributed by atoms with Crippen LogP contribution in [0.2, 0.25) is 0 Å². The molecule has 4 heterocycles. The van der Waals surface area contributed by atoms with E-state index in [1.165, 1.54) is 23.1 Å². The number of β-amino-alcohol motifs (C(OH)–C–C–N with tert-alkyl or cyclic N) is 3. The van der Waals surface area contributed by atoms with E-state index in [9.17, 15) is 34.5 Å². The van der Waals surface area contributed by atoms with Gasteiger partial charge in [0.1, 0.15) is 17.1 Å². The molecule has 0 aliphatic carbocycles. The second-order valence-electron chi connectivity index (χ2n) is 19.7. The first-order valence-corrected chi connectivity index (χ1v) is 23.8. The van der Waals surface area contributed by atoms with Gasteiger partial charge < -0.3 is 49.5 Å². The van der Waals surface area contributed by atoms with Crippen LogP contribution in [0, 0.1) is 23.7 Å². The Morgan fingerprint density at radius 1 is 0.667 bits per heavy atom. The van der Waals surface area contributed by atoms with Gasteiger partial charge >= 0.3 is 18.2 Å². The summed E-state index contributed by atoms with van der Waals surface area (Å²) < 4.78 is 15.1. The summed E-state index contributed by atoms with van der Waals surface area (Å²) in [6, 6.07) is 20.3. The Morgan fingerprint density at radius 2 is 1.06 bits per heavy atom. The number of ketones is 1. The summed E-state index contributed by atoms with van der Waals surface area (Å²) in [6.45, 7) is 19.3. The molecule has 2 amide bonds. The van der Waals surface area contributed by atoms with Crippen LogP contribution in [0.1, 0.15) is 91.7 Å². The Bertz CT molecular complexity index is 1720. The van der Waals surface area contributed by atoms with E-state index >= 15 is 0 Å². The van der Waals surface area contributed by atoms with E-state index in [-0.39, 0.29) is 49.6 Å². The molecule has 0 spiro atoms. The number of amides is 2. The molecule has 0 saturated carbocycles. The molecule has 7 atom stereocenters. The van der Waals surface area contributed by atoms with Crippen LogP contribution >= 0.6 is 0 Å². The van der Waals surface area contributed by atoms with E-state index in [0.29, 0.717) is 59.2 Å². The molecule has 385 valence electrons. The van der Waals surface area contributed by atoms with Gasteiger partial charge in [-0.2, -0.15) is 7.06 Å². The summed E-state index contributed by atoms with van der Waals surface area (Å²) in [5, 5.41) is 47.4. The molecule has 4 saturated heterocycles. The minimum atomic E-state index is -0.661. The highest BCUT2D eigenvalue weighted by Crippen LogP contribution is 2.24. The Morgan fingerprint density at radius 3 is 1.42 bits per heavy atom. The Labute approximate surface area is 415 Å². The first-order chi connectivity index (χ1) is 32.6. The van der Waals surface area contributed by atoms with Crippen molar-refractivity contribution in [2.75, 3.05) is 72.7 Å². The molecule has 4 aliphatic rings. The van der Waals surface area contributed by atoms with E-state index in [0.717, 1.165) is 45.4 Å². The molecule has 0 bridgehead atoms. The van der Waals surface area contributed by atoms with Crippen molar-refractivity contribution >= 4 is 46.5 Å². The standard InChI is InChI=1S/C14H17NO3.C13H19NO2.C12H23NO3.C11H21NO4.B3H3/c1-18-14(17)12-7-8-15(10-13(12)16)9-11-5-3-2-4-6-11;15-10-12-6-7-14(9-13(12)16)8-11-4-2-1-3-5-11;1-5-9-6-7-13(8-10(9)14)11(15)16-12(2,3)4;1-11(2,3)16-10(15)12-5-4-8(7-13)9(14)6-12;1-3-2/h2-6,12H,7-10H2,1H3;1-5,12-13,15-16H,6-10H2;9-10,14H,5-8H2,1-4H3;8-9,13-14H,4-7H2,1-3H3;1H3/q;;;;-1/t;12-,13+;9-,10-;8-,9+;/m.010./s1. The minimum absolute atomic E-state index is 0.0379. The van der Waals surface area contributed by atoms with Crippen molar-refractivity contribution in [2.45, 2.75) is 123 Å². The quantitative estimate of drug-likeness (QED) is 0.112. The number of ether oxygens (including phenoxy) is 3. The molecule has 3 radical (unpaired) electrons. The lowest BCUT2D eigenvalue weighted by Gasteiger charge is -2.36. The van der Waals surface area contributed by atoms with Gasteiger partial charge in [-0.1, -0.05) is 81.7 Å². The fourth-order valence-electron chi connectivity index (χ4n) is 8.13. The molecule has 69 heavy (non-hydrogen) atoms. The lowest BCUT2D eigenvalue weighted by atomic mass is 9.40. The number of benzene rings is 2. The zero-order valence-corrected chi connectivity index (χ0v) is 41.9. The van der Waals surface area contributed by atoms with E-state index in [1.807, 2.05) is 90.1 Å². The van der Waals surface area contributed by atoms with Gasteiger partial charge in [0, 0.05) is 64.3 Å². The number of nitrogens with zero attached hydrogens (tertiary/aromatic N) is 4. The molecule has 0 aromatic heterocycles. The Balaban J connectivity index is 0.000000310. The van der Waals surface area contributed by atoms with Crippen LogP contribution in [-0.4, -0.2) is 194 Å². The summed E-state index contributed by atoms with van der Waals surface area (Å²) in [6.07, 6.45) is 1.68. The number of rotatable bonds is 8. The highest BCUT2D eigenvalue weighted by atomic mass is 16.6. The van der Waals surface area contributed by atoms with Gasteiger partial charge in [0.2, 0.25) is 0 Å². The smallest absolute Gasteiger partial charge is 0.410 e. The number of esters is 1. The van der Waals surface area contributed by atoms with Crippen LogP contribution in [0.25, 0.3) is 0 Å². The van der Waals surface area contributed by atoms with Crippen molar-refractivity contribution in [2.24, 2.45) is 23.7 Å². The average molecular weight is 965 g/mol. The van der Waals surface area contributed by atoms with Crippen LogP contribution in [0.15, 0.2) is 60.7 Å². The predicted octanol–water partition coefficient (Wildman–Crippen LogP) is 2.78. The van der Waals surface area contributed by atoms with Crippen molar-refractivity contribution in [1.82, 2.24) is 19.6 Å². The molecule has 5 N–H and O–H groups in total. The second-order valence-corrected chi connectivity index (χ2v) is 19.7. The fraction of sp³-hybridized carbons (Fsp3) is 0.680. The second kappa shape index (κ2) is 31.4. The van der Waals surface area contributed by atoms with Crippen molar-refractivity contribution in [3.63, 3.8) is 0 Å². The molecule has 1 unspecified atom stereocenters. The maximum atomic E-state index is 11.9. The highest BCUT2D eigenvalue weighted by molar-refractivity contribution is 7.17. The zero-order valence-electron chi connectivity index (χ0n) is 41.9. The van der Waals surface area contributed by atoms with E-state index < -0.39 is 41.4 Å². The summed E-state index contributed by atoms with van der Waals surface area (Å²) in [4.78, 5) is 54.1. The van der Waals surface area contributed by atoms with E-state index in [1.54, 1.807) is 12.0 Å². The molecular weight excluding hydrogens is 881 g/mol. The average Bonchev–Trinajstić information content (AvgIpc) is 3.29. The van der Waals surface area contributed by atoms with Crippen LogP contribution < -0.4 is 0 Å². The largest absolute Gasteiger partial charge is 0.468 e. The molecule has 2 aromatic rings. The lowest BCUT2D eigenvalue weighted by molar-refractivity contribution is -0.151. The number of aliphatic hydroxyl groups excluding tert-OH is 5. The Kier molecular flexibility index (Phi) is 27.8. The number of carbonyl (C=O) groups is 4. The fourth-order valence-corrected chi connectivity index (χ4v) is 8.13. The highest BCUT2D eigenvalue weighted by Gasteiger charge is 2.35. The maximum Gasteiger partial charge on any atom is 0.410 e.